The van der Waals surface area contributed by atoms with Gasteiger partial charge < -0.3 is 35.2 Å². The first-order chi connectivity index (χ1) is 20.4. The minimum Gasteiger partial charge on any atom is -0.490 e. The Morgan fingerprint density at radius 2 is 1.52 bits per heavy atom. The van der Waals surface area contributed by atoms with E-state index in [1.54, 1.807) is 42.5 Å². The van der Waals surface area contributed by atoms with Crippen molar-refractivity contribution in [1.29, 1.82) is 0 Å². The van der Waals surface area contributed by atoms with Gasteiger partial charge in [0.15, 0.2) is 11.5 Å². The maximum atomic E-state index is 12.9. The number of nitrogens with zero attached hydrogens (tertiary/aromatic N) is 2. The van der Waals surface area contributed by atoms with E-state index in [9.17, 15) is 9.59 Å². The number of rotatable bonds is 11. The predicted octanol–water partition coefficient (Wildman–Crippen LogP) is 6.58. The molecule has 0 radical (unpaired) electrons. The first-order valence-corrected chi connectivity index (χ1v) is 14.9. The van der Waals surface area contributed by atoms with E-state index in [1.165, 1.54) is 0 Å². The van der Waals surface area contributed by atoms with Crippen molar-refractivity contribution < 1.29 is 19.1 Å². The quantitative estimate of drug-likeness (QED) is 0.240. The third-order valence-corrected chi connectivity index (χ3v) is 7.38. The van der Waals surface area contributed by atoms with Crippen LogP contribution in [0.4, 0.5) is 21.9 Å². The molecule has 0 bridgehead atoms. The van der Waals surface area contributed by atoms with Gasteiger partial charge in [0.25, 0.3) is 5.91 Å². The second-order valence-electron chi connectivity index (χ2n) is 10.5. The Hall–Kier alpha value is -4.24. The van der Waals surface area contributed by atoms with Gasteiger partial charge in [0.2, 0.25) is 0 Å². The lowest BCUT2D eigenvalue weighted by atomic mass is 10.1. The number of likely N-dealkylation sites (N-methyl/N-ethyl adjacent to an activating group) is 1. The average molecular weight is 574 g/mol. The summed E-state index contributed by atoms with van der Waals surface area (Å²) in [5.74, 6) is 1.47. The highest BCUT2D eigenvalue weighted by molar-refractivity contribution is 6.04. The third-order valence-electron chi connectivity index (χ3n) is 7.38. The number of amides is 3. The topological polar surface area (TPSA) is 95.2 Å². The van der Waals surface area contributed by atoms with Crippen molar-refractivity contribution in [2.75, 3.05) is 55.4 Å². The molecule has 224 valence electrons. The van der Waals surface area contributed by atoms with E-state index in [-0.39, 0.29) is 18.0 Å². The molecule has 3 N–H and O–H groups in total. The van der Waals surface area contributed by atoms with Crippen LogP contribution in [-0.2, 0) is 0 Å². The fourth-order valence-corrected chi connectivity index (χ4v) is 4.85. The summed E-state index contributed by atoms with van der Waals surface area (Å²) in [4.78, 5) is 30.0. The van der Waals surface area contributed by atoms with Gasteiger partial charge in [-0.1, -0.05) is 13.8 Å². The summed E-state index contributed by atoms with van der Waals surface area (Å²) in [6.45, 7) is 10.6. The molecule has 1 saturated heterocycles. The van der Waals surface area contributed by atoms with Gasteiger partial charge in [-0.15, -0.1) is 0 Å². The van der Waals surface area contributed by atoms with E-state index in [1.807, 2.05) is 45.0 Å². The zero-order valence-corrected chi connectivity index (χ0v) is 25.1. The summed E-state index contributed by atoms with van der Waals surface area (Å²) in [7, 11) is 2.15. The fourth-order valence-electron chi connectivity index (χ4n) is 4.85. The molecule has 1 fully saturated rings. The van der Waals surface area contributed by atoms with E-state index < -0.39 is 0 Å². The van der Waals surface area contributed by atoms with Crippen molar-refractivity contribution in [3.05, 3.63) is 72.3 Å². The number of hydrogen-bond acceptors (Lipinski definition) is 6. The molecule has 4 rings (SSSR count). The normalized spacial score (nSPS) is 13.8. The van der Waals surface area contributed by atoms with Gasteiger partial charge in [0.1, 0.15) is 5.75 Å². The zero-order valence-electron chi connectivity index (χ0n) is 25.1. The fraction of sp³-hybridized carbons (Fsp3) is 0.394. The Morgan fingerprint density at radius 1 is 0.810 bits per heavy atom. The molecule has 0 atom stereocenters. The number of nitrogens with one attached hydrogen (secondary N) is 3. The maximum absolute atomic E-state index is 12.9. The van der Waals surface area contributed by atoms with Gasteiger partial charge in [-0.05, 0) is 100 Å². The molecule has 42 heavy (non-hydrogen) atoms. The van der Waals surface area contributed by atoms with E-state index >= 15 is 0 Å². The highest BCUT2D eigenvalue weighted by Crippen LogP contribution is 2.34. The smallest absolute Gasteiger partial charge is 0.319 e. The van der Waals surface area contributed by atoms with Crippen LogP contribution >= 0.6 is 0 Å². The summed E-state index contributed by atoms with van der Waals surface area (Å²) >= 11 is 0. The molecule has 1 aliphatic heterocycles. The molecule has 1 heterocycles. The molecule has 3 amide bonds. The standard InChI is InChI=1S/C33H43N5O4/c1-5-25(6-2)35-33(40)36-27-13-18-30(31(23-27)41-7-3)42-29-16-11-26(12-17-29)34-32(39)24-9-14-28(15-10-24)38-20-8-19-37(4)21-22-38/h9-18,23,25H,5-8,19-22H2,1-4H3,(H,34,39)(H2,35,36,40). The number of anilines is 3. The highest BCUT2D eigenvalue weighted by Gasteiger charge is 2.15. The number of ether oxygens (including phenoxy) is 2. The largest absolute Gasteiger partial charge is 0.490 e. The second kappa shape index (κ2) is 15.1. The van der Waals surface area contributed by atoms with Crippen molar-refractivity contribution in [1.82, 2.24) is 10.2 Å². The lowest BCUT2D eigenvalue weighted by molar-refractivity contribution is 0.102. The zero-order chi connectivity index (χ0) is 29.9. The van der Waals surface area contributed by atoms with Crippen LogP contribution in [0.3, 0.4) is 0 Å². The first kappa shape index (κ1) is 30.7. The van der Waals surface area contributed by atoms with Crippen LogP contribution in [0.15, 0.2) is 66.7 Å². The molecule has 0 spiro atoms. The van der Waals surface area contributed by atoms with Crippen LogP contribution in [-0.4, -0.2) is 62.7 Å². The van der Waals surface area contributed by atoms with Crippen molar-refractivity contribution in [3.8, 4) is 17.2 Å². The first-order valence-electron chi connectivity index (χ1n) is 14.9. The van der Waals surface area contributed by atoms with Crippen molar-refractivity contribution in [3.63, 3.8) is 0 Å². The van der Waals surface area contributed by atoms with Crippen LogP contribution in [0.25, 0.3) is 0 Å². The van der Waals surface area contributed by atoms with Gasteiger partial charge in [0.05, 0.1) is 6.61 Å². The van der Waals surface area contributed by atoms with E-state index in [4.69, 9.17) is 9.47 Å². The molecule has 3 aromatic rings. The van der Waals surface area contributed by atoms with Crippen molar-refractivity contribution in [2.45, 2.75) is 46.1 Å². The van der Waals surface area contributed by atoms with Gasteiger partial charge in [0, 0.05) is 54.4 Å². The van der Waals surface area contributed by atoms with Gasteiger partial charge in [-0.2, -0.15) is 0 Å². The van der Waals surface area contributed by atoms with E-state index in [0.717, 1.165) is 51.1 Å². The average Bonchev–Trinajstić information content (AvgIpc) is 3.22. The molecule has 0 aliphatic carbocycles. The van der Waals surface area contributed by atoms with Crippen LogP contribution in [0.1, 0.15) is 50.4 Å². The molecule has 0 unspecified atom stereocenters. The SMILES string of the molecule is CCOc1cc(NC(=O)NC(CC)CC)ccc1Oc1ccc(NC(=O)c2ccc(N3CCCN(C)CC3)cc2)cc1. The Kier molecular flexibility index (Phi) is 11.1. The van der Waals surface area contributed by atoms with Crippen LogP contribution in [0.2, 0.25) is 0 Å². The summed E-state index contributed by atoms with van der Waals surface area (Å²) < 4.78 is 11.9. The summed E-state index contributed by atoms with van der Waals surface area (Å²) in [5.41, 5.74) is 3.03. The highest BCUT2D eigenvalue weighted by atomic mass is 16.5. The van der Waals surface area contributed by atoms with Gasteiger partial charge >= 0.3 is 6.03 Å². The lowest BCUT2D eigenvalue weighted by Gasteiger charge is -2.23. The molecule has 9 heteroatoms. The molecule has 3 aromatic carbocycles. The minimum absolute atomic E-state index is 0.129. The van der Waals surface area contributed by atoms with Crippen LogP contribution in [0.5, 0.6) is 17.2 Å². The summed E-state index contributed by atoms with van der Waals surface area (Å²) in [6, 6.07) is 20.1. The molecule has 0 saturated carbocycles. The van der Waals surface area contributed by atoms with Crippen molar-refractivity contribution in [2.24, 2.45) is 0 Å². The molecule has 1 aliphatic rings. The number of benzene rings is 3. The Morgan fingerprint density at radius 3 is 2.21 bits per heavy atom. The van der Waals surface area contributed by atoms with Crippen LogP contribution in [0, 0.1) is 0 Å². The Bertz CT molecular complexity index is 1310. The lowest BCUT2D eigenvalue weighted by Crippen LogP contribution is -2.37. The van der Waals surface area contributed by atoms with E-state index in [2.05, 4.69) is 32.8 Å². The van der Waals surface area contributed by atoms with Crippen molar-refractivity contribution >= 4 is 29.0 Å². The number of carbonyl (C=O) groups is 2. The minimum atomic E-state index is -0.251. The third kappa shape index (κ3) is 8.63. The van der Waals surface area contributed by atoms with Gasteiger partial charge in [-0.25, -0.2) is 4.79 Å². The monoisotopic (exact) mass is 573 g/mol. The number of hydrogen-bond donors (Lipinski definition) is 3. The van der Waals surface area contributed by atoms with Gasteiger partial charge in [-0.3, -0.25) is 4.79 Å². The molecule has 9 nitrogen and oxygen atoms in total. The molecular formula is C33H43N5O4. The van der Waals surface area contributed by atoms with E-state index in [0.29, 0.717) is 40.8 Å². The predicted molar refractivity (Wildman–Crippen MR) is 169 cm³/mol. The Balaban J connectivity index is 1.35. The number of carbonyl (C=O) groups excluding carboxylic acids is 2. The Labute approximate surface area is 249 Å². The molecular weight excluding hydrogens is 530 g/mol. The molecule has 0 aromatic heterocycles. The second-order valence-corrected chi connectivity index (χ2v) is 10.5. The van der Waals surface area contributed by atoms with Crippen LogP contribution < -0.4 is 30.3 Å². The number of urea groups is 1. The summed E-state index contributed by atoms with van der Waals surface area (Å²) in [6.07, 6.45) is 2.87. The summed E-state index contributed by atoms with van der Waals surface area (Å²) in [5, 5.41) is 8.79. The maximum Gasteiger partial charge on any atom is 0.319 e.